The molecular weight excluding hydrogens is 204 g/mol. The summed E-state index contributed by atoms with van der Waals surface area (Å²) in [5.41, 5.74) is 7.54. The van der Waals surface area contributed by atoms with E-state index in [1.165, 1.54) is 0 Å². The number of benzene rings is 1. The molecule has 2 N–H and O–H groups in total. The molecule has 1 aromatic heterocycles. The molecule has 1 aromatic carbocycles. The molecule has 1 heterocycles. The Hall–Kier alpha value is -0.640. The van der Waals surface area contributed by atoms with E-state index >= 15 is 0 Å². The van der Waals surface area contributed by atoms with Gasteiger partial charge in [-0.3, -0.25) is 0 Å². The normalized spacial score (nSPS) is 11.0. The van der Waals surface area contributed by atoms with Gasteiger partial charge in [-0.25, -0.2) is 4.98 Å². The van der Waals surface area contributed by atoms with Crippen molar-refractivity contribution in [1.82, 2.24) is 4.98 Å². The van der Waals surface area contributed by atoms with Crippen molar-refractivity contribution in [1.29, 1.82) is 0 Å². The molecule has 0 aliphatic heterocycles. The maximum absolute atomic E-state index is 5.97. The molecule has 0 amide bonds. The number of fused-ring (bicyclic) bond motifs is 1. The highest BCUT2D eigenvalue weighted by Gasteiger charge is 2.06. The van der Waals surface area contributed by atoms with Gasteiger partial charge in [0.1, 0.15) is 5.01 Å². The number of nitrogens with two attached hydrogens (primary N) is 1. The minimum atomic E-state index is 0.496. The summed E-state index contributed by atoms with van der Waals surface area (Å²) in [6.07, 6.45) is 0. The molecule has 0 spiro atoms. The highest BCUT2D eigenvalue weighted by molar-refractivity contribution is 7.18. The smallest absolute Gasteiger partial charge is 0.107 e. The molecule has 0 radical (unpaired) electrons. The maximum atomic E-state index is 5.97. The van der Waals surface area contributed by atoms with Crippen LogP contribution in [0.2, 0.25) is 5.02 Å². The van der Waals surface area contributed by atoms with Crippen LogP contribution in [0.4, 0.5) is 0 Å². The van der Waals surface area contributed by atoms with Crippen molar-refractivity contribution in [3.8, 4) is 0 Å². The summed E-state index contributed by atoms with van der Waals surface area (Å²) in [7, 11) is 0. The third-order valence-electron chi connectivity index (χ3n) is 1.97. The Morgan fingerprint density at radius 3 is 3.00 bits per heavy atom. The number of aromatic nitrogens is 1. The third kappa shape index (κ3) is 1.43. The van der Waals surface area contributed by atoms with Crippen LogP contribution in [-0.2, 0) is 6.54 Å². The summed E-state index contributed by atoms with van der Waals surface area (Å²) in [4.78, 5) is 4.40. The number of halogens is 1. The Labute approximate surface area is 85.3 Å². The molecule has 68 valence electrons. The predicted octanol–water partition coefficient (Wildman–Crippen LogP) is 2.72. The van der Waals surface area contributed by atoms with E-state index in [0.717, 1.165) is 25.8 Å². The first-order chi connectivity index (χ1) is 6.22. The van der Waals surface area contributed by atoms with Gasteiger partial charge >= 0.3 is 0 Å². The summed E-state index contributed by atoms with van der Waals surface area (Å²) >= 11 is 7.60. The van der Waals surface area contributed by atoms with Gasteiger partial charge in [0.15, 0.2) is 0 Å². The number of thiazole rings is 1. The quantitative estimate of drug-likeness (QED) is 0.790. The Morgan fingerprint density at radius 2 is 2.31 bits per heavy atom. The molecule has 0 aliphatic rings. The van der Waals surface area contributed by atoms with Gasteiger partial charge in [-0.15, -0.1) is 11.3 Å². The van der Waals surface area contributed by atoms with Crippen molar-refractivity contribution in [3.05, 3.63) is 27.7 Å². The van der Waals surface area contributed by atoms with Crippen molar-refractivity contribution in [2.24, 2.45) is 5.73 Å². The molecule has 0 unspecified atom stereocenters. The second kappa shape index (κ2) is 3.25. The predicted molar refractivity (Wildman–Crippen MR) is 57.3 cm³/mol. The fourth-order valence-electron chi connectivity index (χ4n) is 1.23. The number of hydrogen-bond acceptors (Lipinski definition) is 3. The summed E-state index contributed by atoms with van der Waals surface area (Å²) in [5.74, 6) is 0. The van der Waals surface area contributed by atoms with Gasteiger partial charge in [-0.1, -0.05) is 11.6 Å². The van der Waals surface area contributed by atoms with E-state index in [4.69, 9.17) is 17.3 Å². The minimum absolute atomic E-state index is 0.496. The average molecular weight is 213 g/mol. The molecule has 2 nitrogen and oxygen atoms in total. The fraction of sp³-hybridized carbons (Fsp3) is 0.222. The molecule has 0 saturated carbocycles. The summed E-state index contributed by atoms with van der Waals surface area (Å²) in [5, 5.41) is 1.72. The van der Waals surface area contributed by atoms with E-state index in [1.54, 1.807) is 11.3 Å². The van der Waals surface area contributed by atoms with Crippen LogP contribution in [0.3, 0.4) is 0 Å². The molecule has 0 bridgehead atoms. The standard InChI is InChI=1S/C9H9ClN2S/c1-5-6(10)2-3-7-9(5)12-8(4-11)13-7/h2-3H,4,11H2,1H3. The molecule has 0 aliphatic carbocycles. The number of aryl methyl sites for hydroxylation is 1. The molecule has 2 aromatic rings. The van der Waals surface area contributed by atoms with E-state index < -0.39 is 0 Å². The number of rotatable bonds is 1. The monoisotopic (exact) mass is 212 g/mol. The van der Waals surface area contributed by atoms with Crippen LogP contribution >= 0.6 is 22.9 Å². The maximum Gasteiger partial charge on any atom is 0.107 e. The van der Waals surface area contributed by atoms with Crippen LogP contribution in [0.1, 0.15) is 10.6 Å². The van der Waals surface area contributed by atoms with Crippen molar-refractivity contribution in [2.45, 2.75) is 13.5 Å². The van der Waals surface area contributed by atoms with Gasteiger partial charge in [-0.05, 0) is 24.6 Å². The molecule has 0 saturated heterocycles. The lowest BCUT2D eigenvalue weighted by molar-refractivity contribution is 1.05. The summed E-state index contributed by atoms with van der Waals surface area (Å²) < 4.78 is 1.15. The minimum Gasteiger partial charge on any atom is -0.325 e. The van der Waals surface area contributed by atoms with Gasteiger partial charge in [0.05, 0.1) is 10.2 Å². The van der Waals surface area contributed by atoms with Gasteiger partial charge in [0, 0.05) is 11.6 Å². The zero-order chi connectivity index (χ0) is 9.42. The molecule has 13 heavy (non-hydrogen) atoms. The van der Waals surface area contributed by atoms with Gasteiger partial charge in [-0.2, -0.15) is 0 Å². The molecule has 0 atom stereocenters. The van der Waals surface area contributed by atoms with Crippen molar-refractivity contribution in [3.63, 3.8) is 0 Å². The van der Waals surface area contributed by atoms with Gasteiger partial charge in [0.2, 0.25) is 0 Å². The Morgan fingerprint density at radius 1 is 1.54 bits per heavy atom. The SMILES string of the molecule is Cc1c(Cl)ccc2sc(CN)nc12. The molecular formula is C9H9ClN2S. The zero-order valence-corrected chi connectivity index (χ0v) is 8.75. The lowest BCUT2D eigenvalue weighted by Gasteiger charge is -1.96. The van der Waals surface area contributed by atoms with E-state index in [9.17, 15) is 0 Å². The van der Waals surface area contributed by atoms with Crippen LogP contribution in [0.5, 0.6) is 0 Å². The lowest BCUT2D eigenvalue weighted by atomic mass is 10.2. The zero-order valence-electron chi connectivity index (χ0n) is 7.17. The van der Waals surface area contributed by atoms with Crippen LogP contribution in [0.25, 0.3) is 10.2 Å². The highest BCUT2D eigenvalue weighted by atomic mass is 35.5. The van der Waals surface area contributed by atoms with E-state index in [1.807, 2.05) is 19.1 Å². The van der Waals surface area contributed by atoms with Crippen LogP contribution in [0.15, 0.2) is 12.1 Å². The molecule has 0 fully saturated rings. The Bertz CT molecular complexity index is 450. The Balaban J connectivity index is 2.76. The Kier molecular flexibility index (Phi) is 2.24. The highest BCUT2D eigenvalue weighted by Crippen LogP contribution is 2.28. The molecule has 4 heteroatoms. The molecule has 2 rings (SSSR count). The van der Waals surface area contributed by atoms with Crippen molar-refractivity contribution >= 4 is 33.2 Å². The fourth-order valence-corrected chi connectivity index (χ4v) is 2.29. The first kappa shape index (κ1) is 8.94. The van der Waals surface area contributed by atoms with Crippen molar-refractivity contribution in [2.75, 3.05) is 0 Å². The lowest BCUT2D eigenvalue weighted by Crippen LogP contribution is -1.94. The second-order valence-electron chi connectivity index (χ2n) is 2.83. The van der Waals surface area contributed by atoms with Crippen LogP contribution in [0, 0.1) is 6.92 Å². The number of nitrogens with zero attached hydrogens (tertiary/aromatic N) is 1. The van der Waals surface area contributed by atoms with E-state index in [0.29, 0.717) is 6.54 Å². The van der Waals surface area contributed by atoms with Crippen LogP contribution < -0.4 is 5.73 Å². The topological polar surface area (TPSA) is 38.9 Å². The van der Waals surface area contributed by atoms with Gasteiger partial charge in [0.25, 0.3) is 0 Å². The number of hydrogen-bond donors (Lipinski definition) is 1. The third-order valence-corrected chi connectivity index (χ3v) is 3.42. The second-order valence-corrected chi connectivity index (χ2v) is 4.35. The van der Waals surface area contributed by atoms with E-state index in [-0.39, 0.29) is 0 Å². The average Bonchev–Trinajstić information content (AvgIpc) is 2.55. The first-order valence-electron chi connectivity index (χ1n) is 3.97. The summed E-state index contributed by atoms with van der Waals surface area (Å²) in [6.45, 7) is 2.47. The largest absolute Gasteiger partial charge is 0.325 e. The van der Waals surface area contributed by atoms with Crippen LogP contribution in [-0.4, -0.2) is 4.98 Å². The van der Waals surface area contributed by atoms with E-state index in [2.05, 4.69) is 4.98 Å². The van der Waals surface area contributed by atoms with Crippen molar-refractivity contribution < 1.29 is 0 Å². The summed E-state index contributed by atoms with van der Waals surface area (Å²) in [6, 6.07) is 3.89. The van der Waals surface area contributed by atoms with Gasteiger partial charge < -0.3 is 5.73 Å². The first-order valence-corrected chi connectivity index (χ1v) is 5.16.